The average Bonchev–Trinajstić information content (AvgIpc) is 0.771. The first-order valence-electron chi connectivity index (χ1n) is 40.5. The Labute approximate surface area is 633 Å². The Balaban J connectivity index is 1.20. The van der Waals surface area contributed by atoms with Crippen molar-refractivity contribution in [3.8, 4) is 0 Å². The van der Waals surface area contributed by atoms with Crippen LogP contribution in [0.4, 0.5) is 0 Å². The summed E-state index contributed by atoms with van der Waals surface area (Å²) in [5, 5.41) is 175. The quantitative estimate of drug-likeness (QED) is 0.0306. The van der Waals surface area contributed by atoms with Gasteiger partial charge in [0.05, 0.1) is 51.8 Å². The minimum absolute atomic E-state index is 0.187. The summed E-state index contributed by atoms with van der Waals surface area (Å²) in [4.78, 5) is 38.8. The minimum Gasteiger partial charge on any atom is -0.394 e. The third-order valence-corrected chi connectivity index (χ3v) is 21.1. The molecule has 5 heterocycles. The average molecular weight is 1540 g/mol. The highest BCUT2D eigenvalue weighted by atomic mass is 16.8. The molecule has 0 aromatic carbocycles. The van der Waals surface area contributed by atoms with Crippen LogP contribution in [0.25, 0.3) is 0 Å². The van der Waals surface area contributed by atoms with Gasteiger partial charge in [0.1, 0.15) is 122 Å². The van der Waals surface area contributed by atoms with Gasteiger partial charge in [0, 0.05) is 20.3 Å². The first-order chi connectivity index (χ1) is 51.6. The van der Waals surface area contributed by atoms with Gasteiger partial charge in [0.2, 0.25) is 17.7 Å². The van der Waals surface area contributed by atoms with Crippen molar-refractivity contribution in [2.75, 3.05) is 39.6 Å². The molecule has 0 radical (unpaired) electrons. The number of aliphatic hydroxyl groups excluding tert-OH is 15. The van der Waals surface area contributed by atoms with Crippen molar-refractivity contribution in [2.24, 2.45) is 0 Å². The highest BCUT2D eigenvalue weighted by Gasteiger charge is 2.58. The summed E-state index contributed by atoms with van der Waals surface area (Å²) >= 11 is 0. The van der Waals surface area contributed by atoms with E-state index in [9.17, 15) is 91.0 Å². The van der Waals surface area contributed by atoms with Gasteiger partial charge in [-0.25, -0.2) is 0 Å². The molecule has 107 heavy (non-hydrogen) atoms. The molecule has 0 aliphatic carbocycles. The number of rotatable bonds is 55. The van der Waals surface area contributed by atoms with Crippen LogP contribution in [0.5, 0.6) is 0 Å². The zero-order valence-corrected chi connectivity index (χ0v) is 64.0. The lowest BCUT2D eigenvalue weighted by atomic mass is 9.94. The highest BCUT2D eigenvalue weighted by molar-refractivity contribution is 5.76. The molecule has 31 nitrogen and oxygen atoms in total. The van der Waals surface area contributed by atoms with Gasteiger partial charge in [-0.3, -0.25) is 14.4 Å². The Morgan fingerprint density at radius 1 is 0.364 bits per heavy atom. The number of nitrogens with one attached hydrogen (secondary N) is 3. The van der Waals surface area contributed by atoms with Crippen molar-refractivity contribution < 1.29 is 138 Å². The van der Waals surface area contributed by atoms with Crippen LogP contribution in [-0.4, -0.2) is 300 Å². The first kappa shape index (κ1) is 94.7. The third kappa shape index (κ3) is 31.8. The van der Waals surface area contributed by atoms with Crippen LogP contribution in [-0.2, 0) is 61.8 Å². The number of amides is 3. The smallest absolute Gasteiger partial charge is 0.220 e. The molecular weight excluding hydrogens is 1400 g/mol. The monoisotopic (exact) mass is 1540 g/mol. The summed E-state index contributed by atoms with van der Waals surface area (Å²) in [5.41, 5.74) is 0. The Hall–Kier alpha value is -2.85. The van der Waals surface area contributed by atoms with Gasteiger partial charge in [0.25, 0.3) is 0 Å². The maximum atomic E-state index is 13.6. The molecule has 31 heteroatoms. The van der Waals surface area contributed by atoms with E-state index >= 15 is 0 Å². The fourth-order valence-corrected chi connectivity index (χ4v) is 14.7. The van der Waals surface area contributed by atoms with E-state index in [4.69, 9.17) is 47.4 Å². The SMILES string of the molecule is CCCCCCCCCCCCC/C=C/[C@@H](O)[C@H](CO[C@@H]1OC(CO)[C@@H](O[C@@H]2OC(CO)[C@H](O)[C@H](O[C@@H]3OC(CO)[C@@H](O)[C@H](O[C@@H]4OC(CO)[C@H](O)[C@H](O[C@@H]5OC(CO)[C@@H](O)[C@H](O)C5NC(C)=O)C4O)C3NC(C)=O)C2O)[C@H](O)C1O)NC(=O)CCCCCCCCCCCCCCCCCCCCCCC. The van der Waals surface area contributed by atoms with Gasteiger partial charge in [0.15, 0.2) is 31.5 Å². The van der Waals surface area contributed by atoms with E-state index in [0.29, 0.717) is 12.8 Å². The van der Waals surface area contributed by atoms with Crippen LogP contribution in [0, 0.1) is 0 Å². The summed E-state index contributed by atoms with van der Waals surface area (Å²) in [6.45, 7) is 1.35. The van der Waals surface area contributed by atoms with E-state index < -0.39 is 217 Å². The molecule has 3 amide bonds. The van der Waals surface area contributed by atoms with Crippen molar-refractivity contribution in [1.82, 2.24) is 16.0 Å². The number of carbonyl (C=O) groups excluding carboxylic acids is 3. The number of unbranched alkanes of at least 4 members (excludes halogenated alkanes) is 31. The molecule has 18 N–H and O–H groups in total. The lowest BCUT2D eigenvalue weighted by Crippen LogP contribution is -2.70. The molecule has 0 saturated carbocycles. The zero-order chi connectivity index (χ0) is 78.2. The van der Waals surface area contributed by atoms with Crippen LogP contribution in [0.2, 0.25) is 0 Å². The van der Waals surface area contributed by atoms with Crippen molar-refractivity contribution >= 4 is 17.7 Å². The fourth-order valence-electron chi connectivity index (χ4n) is 14.7. The topological polar surface area (TPSA) is 483 Å². The maximum absolute atomic E-state index is 13.6. The van der Waals surface area contributed by atoms with Crippen LogP contribution >= 0.6 is 0 Å². The van der Waals surface area contributed by atoms with Crippen LogP contribution in [0.3, 0.4) is 0 Å². The highest BCUT2D eigenvalue weighted by Crippen LogP contribution is 2.37. The summed E-state index contributed by atoms with van der Waals surface area (Å²) in [5.74, 6) is -1.92. The predicted molar refractivity (Wildman–Crippen MR) is 389 cm³/mol. The van der Waals surface area contributed by atoms with E-state index in [1.807, 2.05) is 6.08 Å². The van der Waals surface area contributed by atoms with Crippen molar-refractivity contribution in [3.05, 3.63) is 12.2 Å². The summed E-state index contributed by atoms with van der Waals surface area (Å²) in [7, 11) is 0. The summed E-state index contributed by atoms with van der Waals surface area (Å²) in [6, 6.07) is -4.43. The maximum Gasteiger partial charge on any atom is 0.220 e. The molecule has 10 unspecified atom stereocenters. The normalized spacial score (nSPS) is 34.0. The van der Waals surface area contributed by atoms with Crippen LogP contribution in [0.1, 0.15) is 246 Å². The van der Waals surface area contributed by atoms with Gasteiger partial charge in [-0.2, -0.15) is 0 Å². The van der Waals surface area contributed by atoms with Crippen molar-refractivity contribution in [2.45, 2.75) is 412 Å². The predicted octanol–water partition coefficient (Wildman–Crippen LogP) is 2.09. The Kier molecular flexibility index (Phi) is 47.2. The van der Waals surface area contributed by atoms with Gasteiger partial charge in [-0.1, -0.05) is 219 Å². The van der Waals surface area contributed by atoms with E-state index in [2.05, 4.69) is 29.8 Å². The number of aliphatic hydroxyl groups is 15. The molecule has 5 aliphatic rings. The standard InChI is InChI=1S/C76H139N3O28/c1-5-7-9-11-13-15-17-19-20-21-22-23-24-25-26-28-30-32-34-36-38-40-56(88)79-49(50(87)39-37-35-33-31-29-27-18-16-14-12-10-8-6-2)46-98-74-65(95)64(94)68(55(45-84)103-74)104-75-66(96)71(62(92)53(43-82)101-75)107-73-58(78-48(4)86)69(60(90)52(42-81)100-73)105-76-67(97)70(61(91)54(44-83)102-76)106-72-57(77-47(3)85)63(93)59(89)51(41-80)99-72/h37,39,49-55,57-76,80-84,87,89-97H,5-36,38,40-46H2,1-4H3,(H,77,85)(H,78,86)(H,79,88)/b39-37+/t49-,50+,51?,52?,53?,54?,55?,57?,58?,59+,60+,61-,62-,63+,64+,65?,66?,67?,68+,69+,70-,71-,72-,73-,74+,75-,76-/m0/s1. The van der Waals surface area contributed by atoms with Crippen molar-refractivity contribution in [1.29, 1.82) is 0 Å². The lowest BCUT2D eigenvalue weighted by Gasteiger charge is -2.50. The van der Waals surface area contributed by atoms with E-state index in [-0.39, 0.29) is 12.3 Å². The number of hydrogen-bond acceptors (Lipinski definition) is 28. The Bertz CT molecular complexity index is 2380. The molecule has 5 rings (SSSR count). The molecule has 0 bridgehead atoms. The summed E-state index contributed by atoms with van der Waals surface area (Å²) < 4.78 is 59.3. The number of hydrogen-bond donors (Lipinski definition) is 18. The molecule has 5 saturated heterocycles. The van der Waals surface area contributed by atoms with Gasteiger partial charge >= 0.3 is 0 Å². The molecule has 5 fully saturated rings. The van der Waals surface area contributed by atoms with E-state index in [1.165, 1.54) is 148 Å². The largest absolute Gasteiger partial charge is 0.394 e. The lowest BCUT2D eigenvalue weighted by molar-refractivity contribution is -0.384. The van der Waals surface area contributed by atoms with Crippen LogP contribution in [0.15, 0.2) is 12.2 Å². The number of carbonyl (C=O) groups is 3. The number of allylic oxidation sites excluding steroid dienone is 1. The van der Waals surface area contributed by atoms with Crippen molar-refractivity contribution in [3.63, 3.8) is 0 Å². The van der Waals surface area contributed by atoms with E-state index in [0.717, 1.165) is 65.2 Å². The fraction of sp³-hybridized carbons (Fsp3) is 0.934. The third-order valence-electron chi connectivity index (χ3n) is 21.1. The molecule has 626 valence electrons. The Morgan fingerprint density at radius 3 is 1.11 bits per heavy atom. The molecular formula is C76H139N3O28. The molecule has 0 aromatic heterocycles. The summed E-state index contributed by atoms with van der Waals surface area (Å²) in [6.07, 6.45) is -1.46. The zero-order valence-electron chi connectivity index (χ0n) is 64.0. The van der Waals surface area contributed by atoms with Gasteiger partial charge in [-0.15, -0.1) is 0 Å². The second kappa shape index (κ2) is 53.3. The second-order valence-electron chi connectivity index (χ2n) is 30.0. The minimum atomic E-state index is -2.19. The van der Waals surface area contributed by atoms with Gasteiger partial charge < -0.3 is 140 Å². The molecule has 0 aromatic rings. The van der Waals surface area contributed by atoms with Gasteiger partial charge in [-0.05, 0) is 19.3 Å². The first-order valence-corrected chi connectivity index (χ1v) is 40.5. The van der Waals surface area contributed by atoms with Crippen LogP contribution < -0.4 is 16.0 Å². The number of ether oxygens (including phenoxy) is 10. The molecule has 27 atom stereocenters. The Morgan fingerprint density at radius 2 is 0.701 bits per heavy atom. The second-order valence-corrected chi connectivity index (χ2v) is 30.0. The van der Waals surface area contributed by atoms with E-state index in [1.54, 1.807) is 6.08 Å². The molecule has 0 spiro atoms. The molecule has 5 aliphatic heterocycles.